The van der Waals surface area contributed by atoms with Gasteiger partial charge in [-0.05, 0) is 76.3 Å². The second-order valence-electron chi connectivity index (χ2n) is 18.0. The number of fused-ring (bicyclic) bond motifs is 10. The van der Waals surface area contributed by atoms with Gasteiger partial charge in [0.2, 0.25) is 0 Å². The van der Waals surface area contributed by atoms with Gasteiger partial charge < -0.3 is 28.1 Å². The maximum absolute atomic E-state index is 11.2. The second kappa shape index (κ2) is 17.6. The zero-order valence-corrected chi connectivity index (χ0v) is 40.7. The van der Waals surface area contributed by atoms with Gasteiger partial charge in [-0.3, -0.25) is 4.98 Å². The van der Waals surface area contributed by atoms with Crippen molar-refractivity contribution in [1.29, 1.82) is 0 Å². The van der Waals surface area contributed by atoms with Crippen molar-refractivity contribution in [3.05, 3.63) is 188 Å². The molecule has 0 atom stereocenters. The SMILES string of the molecule is CC(C)c1cccc(C(C)C)c1B1N(C)c2c(c(O)cc3oc4ccccc4c23)-c2nccn21.CN1B(c2c(-c3ccccc3)cccc2-c2ccccc2)n2ccnc2-c2[c-]cccc21.[Ir]. The molecule has 5 heterocycles. The van der Waals surface area contributed by atoms with E-state index in [0.29, 0.717) is 17.4 Å². The van der Waals surface area contributed by atoms with E-state index in [0.717, 1.165) is 50.5 Å². The quantitative estimate of drug-likeness (QED) is 0.132. The summed E-state index contributed by atoms with van der Waals surface area (Å²) in [7, 11) is 4.28. The zero-order valence-electron chi connectivity index (χ0n) is 38.3. The molecule has 11 heteroatoms. The summed E-state index contributed by atoms with van der Waals surface area (Å²) in [6.45, 7) is 8.87. The fraction of sp³-hybridized carbons (Fsp3) is 0.143. The third-order valence-corrected chi connectivity index (χ3v) is 13.4. The summed E-state index contributed by atoms with van der Waals surface area (Å²) in [4.78, 5) is 14.1. The van der Waals surface area contributed by atoms with E-state index in [9.17, 15) is 5.11 Å². The number of furan rings is 1. The first-order valence-electron chi connectivity index (χ1n) is 22.8. The molecule has 8 nitrogen and oxygen atoms in total. The van der Waals surface area contributed by atoms with Crippen LogP contribution in [0.15, 0.2) is 175 Å². The Morgan fingerprint density at radius 1 is 0.597 bits per heavy atom. The van der Waals surface area contributed by atoms with Crippen LogP contribution in [0, 0.1) is 6.07 Å². The third-order valence-electron chi connectivity index (χ3n) is 13.4. The molecule has 12 rings (SSSR count). The van der Waals surface area contributed by atoms with Crippen LogP contribution in [0.3, 0.4) is 0 Å². The molecule has 0 fully saturated rings. The minimum Gasteiger partial charge on any atom is -0.507 e. The van der Waals surface area contributed by atoms with Crippen molar-refractivity contribution < 1.29 is 29.6 Å². The molecule has 0 saturated carbocycles. The number of imidazole rings is 2. The van der Waals surface area contributed by atoms with Gasteiger partial charge in [0.25, 0.3) is 0 Å². The Balaban J connectivity index is 0.000000155. The van der Waals surface area contributed by atoms with Crippen molar-refractivity contribution in [2.24, 2.45) is 0 Å². The van der Waals surface area contributed by atoms with E-state index in [1.54, 1.807) is 6.07 Å². The van der Waals surface area contributed by atoms with Gasteiger partial charge in [0, 0.05) is 62.2 Å². The number of rotatable bonds is 6. The minimum absolute atomic E-state index is 0. The fourth-order valence-corrected chi connectivity index (χ4v) is 10.5. The molecule has 67 heavy (non-hydrogen) atoms. The van der Waals surface area contributed by atoms with Crippen LogP contribution in [0.4, 0.5) is 11.4 Å². The summed E-state index contributed by atoms with van der Waals surface area (Å²) < 4.78 is 10.6. The molecule has 7 aromatic carbocycles. The van der Waals surface area contributed by atoms with Gasteiger partial charge in [-0.2, -0.15) is 0 Å². The Morgan fingerprint density at radius 3 is 1.81 bits per heavy atom. The van der Waals surface area contributed by atoms with Crippen molar-refractivity contribution >= 4 is 58.2 Å². The number of hydrogen-bond acceptors (Lipinski definition) is 6. The Kier molecular flexibility index (Phi) is 11.5. The van der Waals surface area contributed by atoms with Crippen molar-refractivity contribution in [1.82, 2.24) is 18.9 Å². The van der Waals surface area contributed by atoms with Gasteiger partial charge in [-0.25, -0.2) is 4.98 Å². The van der Waals surface area contributed by atoms with Gasteiger partial charge in [0.1, 0.15) is 22.7 Å². The van der Waals surface area contributed by atoms with E-state index < -0.39 is 0 Å². The average molecular weight is 1050 g/mol. The first-order chi connectivity index (χ1) is 32.2. The van der Waals surface area contributed by atoms with Crippen molar-refractivity contribution in [3.8, 4) is 50.8 Å². The van der Waals surface area contributed by atoms with Crippen molar-refractivity contribution in [2.45, 2.75) is 39.5 Å². The molecular weight excluding hydrogens is 1000 g/mol. The summed E-state index contributed by atoms with van der Waals surface area (Å²) in [6, 6.07) is 53.9. The van der Waals surface area contributed by atoms with Crippen LogP contribution >= 0.6 is 0 Å². The Hall–Kier alpha value is -7.06. The van der Waals surface area contributed by atoms with E-state index in [4.69, 9.17) is 14.4 Å². The average Bonchev–Trinajstić information content (AvgIpc) is 4.12. The topological polar surface area (TPSA) is 75.5 Å². The second-order valence-corrected chi connectivity index (χ2v) is 18.0. The van der Waals surface area contributed by atoms with E-state index in [1.165, 1.54) is 44.3 Å². The Morgan fingerprint density at radius 2 is 1.16 bits per heavy atom. The molecule has 0 unspecified atom stereocenters. The van der Waals surface area contributed by atoms with E-state index >= 15 is 0 Å². The predicted octanol–water partition coefficient (Wildman–Crippen LogP) is 11.5. The first-order valence-corrected chi connectivity index (χ1v) is 22.8. The smallest absolute Gasteiger partial charge is 0.417 e. The summed E-state index contributed by atoms with van der Waals surface area (Å²) >= 11 is 0. The van der Waals surface area contributed by atoms with Crippen LogP contribution in [-0.4, -0.2) is 52.1 Å². The molecule has 2 aliphatic rings. The van der Waals surface area contributed by atoms with Gasteiger partial charge in [0.15, 0.2) is 0 Å². The number of hydrogen-bond donors (Lipinski definition) is 1. The van der Waals surface area contributed by atoms with Crippen LogP contribution < -0.4 is 20.5 Å². The van der Waals surface area contributed by atoms with Gasteiger partial charge in [0.05, 0.1) is 16.6 Å². The van der Waals surface area contributed by atoms with Crippen molar-refractivity contribution in [3.63, 3.8) is 0 Å². The standard InChI is InChI=1S/C28H28BN3O2.C28H21BN3.Ir/c1-16(2)18-10-8-11-19(17(3)4)26(18)29-31(5)27-24-20-9-6-7-12-22(20)34-23(24)15-21(33)25(27)28-30-13-14-32(28)29;1-31-26-18-9-8-15-25(26)28-30-19-20-32(28)29(31)27-23(21-11-4-2-5-12-21)16-10-17-24(27)22-13-6-3-7-14-22;/h6-17,33H,1-5H3;2-14,16-20H,1H3;/q;-1;. The molecule has 0 aliphatic carbocycles. The number of aromatic nitrogens is 4. The van der Waals surface area contributed by atoms with E-state index in [-0.39, 0.29) is 39.8 Å². The van der Waals surface area contributed by atoms with Gasteiger partial charge in [-0.1, -0.05) is 154 Å². The number of aromatic hydroxyl groups is 1. The van der Waals surface area contributed by atoms with E-state index in [2.05, 4.69) is 182 Å². The summed E-state index contributed by atoms with van der Waals surface area (Å²) in [6.07, 6.45) is 7.82. The number of anilines is 2. The zero-order chi connectivity index (χ0) is 45.2. The number of benzene rings is 7. The molecule has 10 aromatic rings. The number of para-hydroxylation sites is 1. The fourth-order valence-electron chi connectivity index (χ4n) is 10.5. The van der Waals surface area contributed by atoms with Gasteiger partial charge in [-0.15, -0.1) is 24.3 Å². The summed E-state index contributed by atoms with van der Waals surface area (Å²) in [5.74, 6) is 2.64. The van der Waals surface area contributed by atoms with E-state index in [1.807, 2.05) is 48.9 Å². The minimum atomic E-state index is -0.0975. The molecule has 2 aliphatic heterocycles. The summed E-state index contributed by atoms with van der Waals surface area (Å²) in [5, 5.41) is 13.2. The molecule has 1 N–H and O–H groups in total. The number of phenols is 1. The first kappa shape index (κ1) is 43.8. The Labute approximate surface area is 406 Å². The molecule has 0 bridgehead atoms. The van der Waals surface area contributed by atoms with Crippen LogP contribution in [-0.2, 0) is 20.1 Å². The molecular formula is C56H49B2IrN6O2-. The monoisotopic (exact) mass is 1050 g/mol. The van der Waals surface area contributed by atoms with Crippen LogP contribution in [0.5, 0.6) is 5.75 Å². The molecule has 0 amide bonds. The molecule has 0 saturated heterocycles. The van der Waals surface area contributed by atoms with Crippen molar-refractivity contribution in [2.75, 3.05) is 23.7 Å². The number of nitrogens with zero attached hydrogens (tertiary/aromatic N) is 6. The third kappa shape index (κ3) is 7.20. The predicted molar refractivity (Wildman–Crippen MR) is 273 cm³/mol. The largest absolute Gasteiger partial charge is 0.507 e. The maximum atomic E-state index is 11.2. The molecule has 1 radical (unpaired) electrons. The molecule has 331 valence electrons. The van der Waals surface area contributed by atoms with Crippen LogP contribution in [0.2, 0.25) is 0 Å². The molecule has 0 spiro atoms. The normalized spacial score (nSPS) is 12.7. The van der Waals surface area contributed by atoms with Crippen LogP contribution in [0.25, 0.3) is 67.0 Å². The maximum Gasteiger partial charge on any atom is 0.417 e. The summed E-state index contributed by atoms with van der Waals surface area (Å²) in [5.41, 5.74) is 15.5. The van der Waals surface area contributed by atoms with Gasteiger partial charge >= 0.3 is 14.0 Å². The van der Waals surface area contributed by atoms with Crippen LogP contribution in [0.1, 0.15) is 50.7 Å². The Bertz CT molecular complexity index is 3330. The molecule has 3 aromatic heterocycles. The number of phenolic OH excluding ortho intramolecular Hbond substituents is 1.